The Balaban J connectivity index is 1.56. The Hall–Kier alpha value is -1.99. The van der Waals surface area contributed by atoms with Crippen LogP contribution in [-0.4, -0.2) is 32.7 Å². The van der Waals surface area contributed by atoms with Crippen molar-refractivity contribution in [1.29, 1.82) is 0 Å². The van der Waals surface area contributed by atoms with E-state index in [4.69, 9.17) is 13.6 Å². The van der Waals surface area contributed by atoms with Gasteiger partial charge in [-0.25, -0.2) is 0 Å². The van der Waals surface area contributed by atoms with Crippen LogP contribution in [0.15, 0.2) is 50.8 Å². The van der Waals surface area contributed by atoms with E-state index in [0.717, 1.165) is 29.5 Å². The zero-order valence-electron chi connectivity index (χ0n) is 13.4. The highest BCUT2D eigenvalue weighted by atomic mass is 32.2. The predicted octanol–water partition coefficient (Wildman–Crippen LogP) is 3.84. The van der Waals surface area contributed by atoms with E-state index in [0.29, 0.717) is 24.2 Å². The van der Waals surface area contributed by atoms with Gasteiger partial charge in [-0.3, -0.25) is 4.57 Å². The average molecular weight is 345 g/mol. The summed E-state index contributed by atoms with van der Waals surface area (Å²) in [5.74, 6) is 3.14. The Morgan fingerprint density at radius 2 is 2.04 bits per heavy atom. The molecule has 4 rings (SSSR count). The Morgan fingerprint density at radius 3 is 2.75 bits per heavy atom. The molecule has 0 aliphatic carbocycles. The molecule has 4 heterocycles. The van der Waals surface area contributed by atoms with Gasteiger partial charge in [-0.05, 0) is 44.0 Å². The smallest absolute Gasteiger partial charge is 0.200 e. The minimum absolute atomic E-state index is 0.283. The molecule has 6 nitrogen and oxygen atoms in total. The third kappa shape index (κ3) is 3.27. The molecule has 3 aromatic heterocycles. The molecular formula is C17H19N3O3S. The molecule has 1 saturated heterocycles. The van der Waals surface area contributed by atoms with Crippen LogP contribution in [0.5, 0.6) is 0 Å². The van der Waals surface area contributed by atoms with E-state index >= 15 is 0 Å². The van der Waals surface area contributed by atoms with E-state index in [-0.39, 0.29) is 6.10 Å². The zero-order chi connectivity index (χ0) is 16.4. The van der Waals surface area contributed by atoms with Gasteiger partial charge in [0.05, 0.1) is 31.3 Å². The molecule has 3 aromatic rings. The summed E-state index contributed by atoms with van der Waals surface area (Å²) in [5, 5.41) is 9.51. The molecule has 0 unspecified atom stereocenters. The van der Waals surface area contributed by atoms with Crippen molar-refractivity contribution in [3.8, 4) is 11.6 Å². The van der Waals surface area contributed by atoms with E-state index in [9.17, 15) is 0 Å². The lowest BCUT2D eigenvalue weighted by molar-refractivity contribution is 0.0699. The molecule has 0 amide bonds. The molecule has 0 spiro atoms. The van der Waals surface area contributed by atoms with Crippen LogP contribution in [0.3, 0.4) is 0 Å². The van der Waals surface area contributed by atoms with Gasteiger partial charge in [0.1, 0.15) is 5.76 Å². The largest absolute Gasteiger partial charge is 0.467 e. The monoisotopic (exact) mass is 345 g/mol. The van der Waals surface area contributed by atoms with Gasteiger partial charge < -0.3 is 13.6 Å². The van der Waals surface area contributed by atoms with Gasteiger partial charge in [-0.15, -0.1) is 10.2 Å². The number of aromatic nitrogens is 3. The summed E-state index contributed by atoms with van der Waals surface area (Å²) in [4.78, 5) is 0. The van der Waals surface area contributed by atoms with E-state index < -0.39 is 0 Å². The number of hydrogen-bond acceptors (Lipinski definition) is 6. The fourth-order valence-electron chi connectivity index (χ4n) is 2.86. The van der Waals surface area contributed by atoms with Gasteiger partial charge in [-0.1, -0.05) is 11.8 Å². The fraction of sp³-hybridized carbons (Fsp3) is 0.412. The summed E-state index contributed by atoms with van der Waals surface area (Å²) in [6, 6.07) is 7.57. The molecule has 2 atom stereocenters. The maximum absolute atomic E-state index is 5.89. The zero-order valence-corrected chi connectivity index (χ0v) is 14.2. The van der Waals surface area contributed by atoms with Gasteiger partial charge in [0.15, 0.2) is 10.9 Å². The number of ether oxygens (including phenoxy) is 1. The number of thioether (sulfide) groups is 1. The molecular weight excluding hydrogens is 326 g/mol. The molecule has 0 N–H and O–H groups in total. The molecule has 0 radical (unpaired) electrons. The molecule has 1 fully saturated rings. The fourth-order valence-corrected chi connectivity index (χ4v) is 3.85. The number of nitrogens with zero attached hydrogens (tertiary/aromatic N) is 3. The van der Waals surface area contributed by atoms with Crippen molar-refractivity contribution in [3.05, 3.63) is 42.6 Å². The first-order chi connectivity index (χ1) is 11.8. The van der Waals surface area contributed by atoms with Gasteiger partial charge in [0.2, 0.25) is 5.82 Å². The van der Waals surface area contributed by atoms with Crippen LogP contribution in [0.1, 0.15) is 25.5 Å². The van der Waals surface area contributed by atoms with Crippen molar-refractivity contribution in [2.75, 3.05) is 5.75 Å². The minimum atomic E-state index is 0.283. The van der Waals surface area contributed by atoms with Gasteiger partial charge in [0, 0.05) is 5.75 Å². The topological polar surface area (TPSA) is 66.2 Å². The van der Waals surface area contributed by atoms with Gasteiger partial charge in [0.25, 0.3) is 0 Å². The highest BCUT2D eigenvalue weighted by Crippen LogP contribution is 2.29. The second-order valence-corrected chi connectivity index (χ2v) is 6.89. The van der Waals surface area contributed by atoms with Gasteiger partial charge in [-0.2, -0.15) is 0 Å². The quantitative estimate of drug-likeness (QED) is 0.632. The van der Waals surface area contributed by atoms with Crippen LogP contribution < -0.4 is 0 Å². The van der Waals surface area contributed by atoms with Crippen molar-refractivity contribution in [3.63, 3.8) is 0 Å². The van der Waals surface area contributed by atoms with Crippen molar-refractivity contribution >= 4 is 11.8 Å². The lowest BCUT2D eigenvalue weighted by Crippen LogP contribution is -2.12. The molecule has 0 aromatic carbocycles. The first-order valence-electron chi connectivity index (χ1n) is 8.07. The van der Waals surface area contributed by atoms with Crippen LogP contribution in [0.4, 0.5) is 0 Å². The summed E-state index contributed by atoms with van der Waals surface area (Å²) >= 11 is 1.67. The van der Waals surface area contributed by atoms with Crippen molar-refractivity contribution in [1.82, 2.24) is 14.8 Å². The van der Waals surface area contributed by atoms with E-state index in [2.05, 4.69) is 17.1 Å². The van der Waals surface area contributed by atoms with E-state index in [1.54, 1.807) is 24.3 Å². The molecule has 0 saturated carbocycles. The van der Waals surface area contributed by atoms with Crippen molar-refractivity contribution in [2.45, 2.75) is 43.7 Å². The molecule has 1 aliphatic heterocycles. The second-order valence-electron chi connectivity index (χ2n) is 5.91. The van der Waals surface area contributed by atoms with Crippen molar-refractivity contribution in [2.24, 2.45) is 0 Å². The van der Waals surface area contributed by atoms with Crippen molar-refractivity contribution < 1.29 is 13.6 Å². The Labute approximate surface area is 144 Å². The average Bonchev–Trinajstić information content (AvgIpc) is 3.34. The van der Waals surface area contributed by atoms with E-state index in [1.165, 1.54) is 0 Å². The van der Waals surface area contributed by atoms with Crippen LogP contribution >= 0.6 is 11.8 Å². The molecule has 7 heteroatoms. The molecule has 24 heavy (non-hydrogen) atoms. The number of furan rings is 2. The van der Waals surface area contributed by atoms with Gasteiger partial charge >= 0.3 is 0 Å². The Bertz CT molecular complexity index is 767. The SMILES string of the molecule is C[C@@H]1CC[C@H](CSc2nnc(-c3ccco3)n2Cc2ccco2)O1. The lowest BCUT2D eigenvalue weighted by atomic mass is 10.2. The third-order valence-electron chi connectivity index (χ3n) is 4.07. The van der Waals surface area contributed by atoms with Crippen LogP contribution in [0.25, 0.3) is 11.6 Å². The maximum atomic E-state index is 5.89. The summed E-state index contributed by atoms with van der Waals surface area (Å²) in [6.07, 6.45) is 6.18. The molecule has 1 aliphatic rings. The van der Waals surface area contributed by atoms with Crippen LogP contribution in [0, 0.1) is 0 Å². The normalized spacial score (nSPS) is 20.7. The highest BCUT2D eigenvalue weighted by Gasteiger charge is 2.24. The lowest BCUT2D eigenvalue weighted by Gasteiger charge is -2.11. The molecule has 0 bridgehead atoms. The third-order valence-corrected chi connectivity index (χ3v) is 5.17. The number of hydrogen-bond donors (Lipinski definition) is 0. The summed E-state index contributed by atoms with van der Waals surface area (Å²) in [5.41, 5.74) is 0. The Kier molecular flexibility index (Phi) is 4.44. The predicted molar refractivity (Wildman–Crippen MR) is 89.8 cm³/mol. The minimum Gasteiger partial charge on any atom is -0.467 e. The Morgan fingerprint density at radius 1 is 1.17 bits per heavy atom. The first kappa shape index (κ1) is 15.5. The summed E-state index contributed by atoms with van der Waals surface area (Å²) in [6.45, 7) is 2.69. The number of rotatable bonds is 6. The standard InChI is InChI=1S/C17H19N3O3S/c1-12-6-7-14(23-12)11-24-17-19-18-16(15-5-3-9-22-15)20(17)10-13-4-2-8-21-13/h2-5,8-9,12,14H,6-7,10-11H2,1H3/t12-,14-/m1/s1. The highest BCUT2D eigenvalue weighted by molar-refractivity contribution is 7.99. The summed E-state index contributed by atoms with van der Waals surface area (Å²) < 4.78 is 18.9. The second kappa shape index (κ2) is 6.86. The maximum Gasteiger partial charge on any atom is 0.200 e. The van der Waals surface area contributed by atoms with E-state index in [1.807, 2.05) is 28.8 Å². The molecule has 126 valence electrons. The summed E-state index contributed by atoms with van der Waals surface area (Å²) in [7, 11) is 0. The first-order valence-corrected chi connectivity index (χ1v) is 9.06. The van der Waals surface area contributed by atoms with Crippen LogP contribution in [-0.2, 0) is 11.3 Å². The van der Waals surface area contributed by atoms with Crippen LogP contribution in [0.2, 0.25) is 0 Å².